The number of thiophene rings is 1. The summed E-state index contributed by atoms with van der Waals surface area (Å²) in [5.41, 5.74) is 0.923. The number of hydrogen-bond donors (Lipinski definition) is 1. The number of aryl methyl sites for hydroxylation is 1. The fourth-order valence-electron chi connectivity index (χ4n) is 2.06. The molecule has 136 valence electrons. The molecule has 0 radical (unpaired) electrons. The highest BCUT2D eigenvalue weighted by Crippen LogP contribution is 2.33. The zero-order valence-electron chi connectivity index (χ0n) is 14.1. The molecule has 2 heterocycles. The first-order valence-corrected chi connectivity index (χ1v) is 10.1. The van der Waals surface area contributed by atoms with Crippen molar-refractivity contribution in [2.75, 3.05) is 11.9 Å². The highest BCUT2D eigenvalue weighted by Gasteiger charge is 2.23. The van der Waals surface area contributed by atoms with Gasteiger partial charge in [-0.05, 0) is 48.3 Å². The smallest absolute Gasteiger partial charge is 0.341 e. The van der Waals surface area contributed by atoms with Crippen LogP contribution in [0.2, 0.25) is 0 Å². The van der Waals surface area contributed by atoms with E-state index in [4.69, 9.17) is 9.15 Å². The maximum absolute atomic E-state index is 12.5. The number of amides is 1. The molecular weight excluding hydrogens is 535 g/mol. The van der Waals surface area contributed by atoms with Gasteiger partial charge in [-0.2, -0.15) is 5.26 Å². The van der Waals surface area contributed by atoms with E-state index in [0.717, 1.165) is 14.9 Å². The number of anilines is 1. The van der Waals surface area contributed by atoms with E-state index in [9.17, 15) is 14.9 Å². The van der Waals surface area contributed by atoms with Gasteiger partial charge in [-0.15, -0.1) is 11.3 Å². The standard InChI is InChI=1S/C17H14BrIN2O4S/c1-4-24-17(23)13-8(2)9(3)26-16(13)21-15(22)10(7-20)5-11-6-12(18)14(19)25-11/h5-6H,4H2,1-3H3,(H,21,22)/b10-5+. The van der Waals surface area contributed by atoms with Crippen LogP contribution in [0.15, 0.2) is 20.5 Å². The Morgan fingerprint density at radius 1 is 1.50 bits per heavy atom. The van der Waals surface area contributed by atoms with Crippen LogP contribution in [0.1, 0.15) is 33.5 Å². The van der Waals surface area contributed by atoms with Crippen molar-refractivity contribution in [2.45, 2.75) is 20.8 Å². The van der Waals surface area contributed by atoms with Crippen LogP contribution in [-0.4, -0.2) is 18.5 Å². The molecule has 1 N–H and O–H groups in total. The number of esters is 1. The van der Waals surface area contributed by atoms with Crippen molar-refractivity contribution in [1.29, 1.82) is 5.26 Å². The third-order valence-electron chi connectivity index (χ3n) is 3.41. The Morgan fingerprint density at radius 3 is 2.73 bits per heavy atom. The second-order valence-electron chi connectivity index (χ2n) is 5.10. The summed E-state index contributed by atoms with van der Waals surface area (Å²) < 4.78 is 11.8. The van der Waals surface area contributed by atoms with Crippen molar-refractivity contribution in [3.63, 3.8) is 0 Å². The van der Waals surface area contributed by atoms with Crippen LogP contribution in [-0.2, 0) is 9.53 Å². The van der Waals surface area contributed by atoms with Crippen LogP contribution in [0, 0.1) is 28.9 Å². The van der Waals surface area contributed by atoms with Crippen LogP contribution < -0.4 is 5.32 Å². The normalized spacial score (nSPS) is 11.2. The summed E-state index contributed by atoms with van der Waals surface area (Å²) >= 11 is 6.56. The van der Waals surface area contributed by atoms with Crippen molar-refractivity contribution in [2.24, 2.45) is 0 Å². The van der Waals surface area contributed by atoms with Gasteiger partial charge in [-0.1, -0.05) is 0 Å². The second kappa shape index (κ2) is 8.83. The Bertz CT molecular complexity index is 920. The summed E-state index contributed by atoms with van der Waals surface area (Å²) in [6.45, 7) is 5.58. The van der Waals surface area contributed by atoms with Crippen molar-refractivity contribution in [3.8, 4) is 6.07 Å². The predicted molar refractivity (Wildman–Crippen MR) is 111 cm³/mol. The summed E-state index contributed by atoms with van der Waals surface area (Å²) in [5.74, 6) is -0.754. The van der Waals surface area contributed by atoms with Crippen molar-refractivity contribution < 1.29 is 18.7 Å². The Kier molecular flexibility index (Phi) is 7.02. The number of nitrogens with one attached hydrogen (secondary N) is 1. The van der Waals surface area contributed by atoms with E-state index in [1.54, 1.807) is 19.9 Å². The second-order valence-corrected chi connectivity index (χ2v) is 8.16. The van der Waals surface area contributed by atoms with Crippen LogP contribution in [0.5, 0.6) is 0 Å². The molecule has 6 nitrogen and oxygen atoms in total. The summed E-state index contributed by atoms with van der Waals surface area (Å²) in [5, 5.41) is 12.3. The molecule has 26 heavy (non-hydrogen) atoms. The maximum Gasteiger partial charge on any atom is 0.341 e. The maximum atomic E-state index is 12.5. The molecule has 2 aromatic rings. The van der Waals surface area contributed by atoms with Gasteiger partial charge in [0.2, 0.25) is 0 Å². The molecular formula is C17H14BrIN2O4S. The van der Waals surface area contributed by atoms with Crippen LogP contribution in [0.25, 0.3) is 6.08 Å². The quantitative estimate of drug-likeness (QED) is 0.244. The number of carbonyl (C=O) groups is 2. The van der Waals surface area contributed by atoms with E-state index in [0.29, 0.717) is 20.1 Å². The molecule has 0 aromatic carbocycles. The lowest BCUT2D eigenvalue weighted by molar-refractivity contribution is -0.112. The third-order valence-corrected chi connectivity index (χ3v) is 6.66. The average molecular weight is 549 g/mol. The van der Waals surface area contributed by atoms with Gasteiger partial charge >= 0.3 is 5.97 Å². The van der Waals surface area contributed by atoms with Gasteiger partial charge in [-0.25, -0.2) is 4.79 Å². The Hall–Kier alpha value is -1.64. The van der Waals surface area contributed by atoms with Gasteiger partial charge in [0.05, 0.1) is 16.6 Å². The first-order chi connectivity index (χ1) is 12.3. The number of furan rings is 1. The average Bonchev–Trinajstić information content (AvgIpc) is 3.04. The van der Waals surface area contributed by atoms with E-state index in [1.165, 1.54) is 17.4 Å². The summed E-state index contributed by atoms with van der Waals surface area (Å²) in [6.07, 6.45) is 1.35. The van der Waals surface area contributed by atoms with Crippen molar-refractivity contribution in [1.82, 2.24) is 0 Å². The molecule has 0 aliphatic heterocycles. The van der Waals surface area contributed by atoms with Gasteiger partial charge < -0.3 is 14.5 Å². The van der Waals surface area contributed by atoms with Crippen molar-refractivity contribution >= 4 is 72.8 Å². The molecule has 0 bridgehead atoms. The monoisotopic (exact) mass is 548 g/mol. The molecule has 0 atom stereocenters. The van der Waals surface area contributed by atoms with Gasteiger partial charge in [0.15, 0.2) is 3.77 Å². The van der Waals surface area contributed by atoms with Gasteiger partial charge in [0.25, 0.3) is 5.91 Å². The minimum absolute atomic E-state index is 0.138. The van der Waals surface area contributed by atoms with Crippen molar-refractivity contribution in [3.05, 3.63) is 41.6 Å². The van der Waals surface area contributed by atoms with E-state index >= 15 is 0 Å². The summed E-state index contributed by atoms with van der Waals surface area (Å²) in [7, 11) is 0. The van der Waals surface area contributed by atoms with E-state index in [1.807, 2.05) is 35.6 Å². The molecule has 0 aliphatic rings. The Labute approximate surface area is 176 Å². The number of nitriles is 1. The fourth-order valence-corrected chi connectivity index (χ4v) is 3.82. The topological polar surface area (TPSA) is 92.3 Å². The molecule has 2 rings (SSSR count). The van der Waals surface area contributed by atoms with Crippen LogP contribution >= 0.6 is 49.9 Å². The van der Waals surface area contributed by atoms with Gasteiger partial charge in [0.1, 0.15) is 22.4 Å². The lowest BCUT2D eigenvalue weighted by Crippen LogP contribution is -2.16. The SMILES string of the molecule is CCOC(=O)c1c(NC(=O)/C(C#N)=C/c2cc(Br)c(I)o2)sc(C)c1C. The molecule has 0 saturated heterocycles. The zero-order valence-corrected chi connectivity index (χ0v) is 18.7. The predicted octanol–water partition coefficient (Wildman–Crippen LogP) is 5.05. The molecule has 0 spiro atoms. The molecule has 0 aliphatic carbocycles. The summed E-state index contributed by atoms with van der Waals surface area (Å²) in [4.78, 5) is 25.6. The Morgan fingerprint density at radius 2 is 2.19 bits per heavy atom. The number of carbonyl (C=O) groups excluding carboxylic acids is 2. The third kappa shape index (κ3) is 4.55. The molecule has 0 fully saturated rings. The number of ether oxygens (including phenoxy) is 1. The number of hydrogen-bond acceptors (Lipinski definition) is 6. The number of halogens is 2. The van der Waals surface area contributed by atoms with Gasteiger partial charge in [-0.3, -0.25) is 4.79 Å². The van der Waals surface area contributed by atoms with E-state index in [2.05, 4.69) is 21.2 Å². The van der Waals surface area contributed by atoms with E-state index in [-0.39, 0.29) is 12.2 Å². The first kappa shape index (κ1) is 20.7. The Balaban J connectivity index is 2.32. The fraction of sp³-hybridized carbons (Fsp3) is 0.235. The van der Waals surface area contributed by atoms with Crippen LogP contribution in [0.3, 0.4) is 0 Å². The molecule has 9 heteroatoms. The highest BCUT2D eigenvalue weighted by atomic mass is 127. The largest absolute Gasteiger partial charge is 0.462 e. The van der Waals surface area contributed by atoms with E-state index < -0.39 is 11.9 Å². The minimum atomic E-state index is -0.623. The highest BCUT2D eigenvalue weighted by molar-refractivity contribution is 14.1. The number of nitrogens with zero attached hydrogens (tertiary/aromatic N) is 1. The lowest BCUT2D eigenvalue weighted by atomic mass is 10.1. The van der Waals surface area contributed by atoms with Gasteiger partial charge in [0, 0.05) is 33.5 Å². The minimum Gasteiger partial charge on any atom is -0.462 e. The first-order valence-electron chi connectivity index (χ1n) is 7.43. The molecule has 1 amide bonds. The molecule has 0 unspecified atom stereocenters. The summed E-state index contributed by atoms with van der Waals surface area (Å²) in [6, 6.07) is 3.52. The zero-order chi connectivity index (χ0) is 19.4. The molecule has 2 aromatic heterocycles. The molecule has 0 saturated carbocycles. The number of rotatable bonds is 5. The lowest BCUT2D eigenvalue weighted by Gasteiger charge is -2.06. The van der Waals surface area contributed by atoms with Crippen LogP contribution in [0.4, 0.5) is 5.00 Å².